The van der Waals surface area contributed by atoms with Crippen molar-refractivity contribution < 1.29 is 0 Å². The highest BCUT2D eigenvalue weighted by Gasteiger charge is 1.93. The summed E-state index contributed by atoms with van der Waals surface area (Å²) >= 11 is 1.81. The van der Waals surface area contributed by atoms with Gasteiger partial charge in [-0.3, -0.25) is 4.68 Å². The molecule has 9 heavy (non-hydrogen) atoms. The SMILES string of the molecule is CSCc1ccnn1C. The summed E-state index contributed by atoms with van der Waals surface area (Å²) in [5.74, 6) is 1.05. The maximum atomic E-state index is 4.04. The molecule has 1 aromatic heterocycles. The fourth-order valence-corrected chi connectivity index (χ4v) is 1.27. The maximum Gasteiger partial charge on any atom is 0.0492 e. The zero-order valence-electron chi connectivity index (χ0n) is 5.66. The Morgan fingerprint density at radius 1 is 1.78 bits per heavy atom. The van der Waals surface area contributed by atoms with Crippen molar-refractivity contribution in [2.75, 3.05) is 6.26 Å². The van der Waals surface area contributed by atoms with Gasteiger partial charge in [0, 0.05) is 24.7 Å². The monoisotopic (exact) mass is 142 g/mol. The van der Waals surface area contributed by atoms with Gasteiger partial charge in [0.1, 0.15) is 0 Å². The van der Waals surface area contributed by atoms with Crippen molar-refractivity contribution in [3.8, 4) is 0 Å². The largest absolute Gasteiger partial charge is 0.272 e. The summed E-state index contributed by atoms with van der Waals surface area (Å²) in [6, 6.07) is 2.04. The molecule has 0 unspecified atom stereocenters. The number of thioether (sulfide) groups is 1. The predicted molar refractivity (Wildman–Crippen MR) is 40.4 cm³/mol. The Labute approximate surface area is 59.3 Å². The molecule has 1 aromatic rings. The molecule has 1 rings (SSSR count). The van der Waals surface area contributed by atoms with Crippen LogP contribution in [0.3, 0.4) is 0 Å². The summed E-state index contributed by atoms with van der Waals surface area (Å²) in [4.78, 5) is 0. The fourth-order valence-electron chi connectivity index (χ4n) is 0.691. The molecular weight excluding hydrogens is 132 g/mol. The first kappa shape index (κ1) is 6.68. The van der Waals surface area contributed by atoms with Crippen LogP contribution in [0.15, 0.2) is 12.3 Å². The van der Waals surface area contributed by atoms with Crippen LogP contribution < -0.4 is 0 Å². The lowest BCUT2D eigenvalue weighted by molar-refractivity contribution is 0.736. The van der Waals surface area contributed by atoms with Crippen molar-refractivity contribution in [3.63, 3.8) is 0 Å². The van der Waals surface area contributed by atoms with Crippen LogP contribution in [0.25, 0.3) is 0 Å². The van der Waals surface area contributed by atoms with Crippen molar-refractivity contribution in [3.05, 3.63) is 18.0 Å². The Morgan fingerprint density at radius 3 is 3.00 bits per heavy atom. The van der Waals surface area contributed by atoms with Gasteiger partial charge >= 0.3 is 0 Å². The van der Waals surface area contributed by atoms with Crippen LogP contribution in [-0.2, 0) is 12.8 Å². The van der Waals surface area contributed by atoms with Gasteiger partial charge in [-0.25, -0.2) is 0 Å². The molecule has 0 aliphatic rings. The smallest absolute Gasteiger partial charge is 0.0492 e. The number of nitrogens with zero attached hydrogens (tertiary/aromatic N) is 2. The lowest BCUT2D eigenvalue weighted by atomic mass is 10.5. The molecule has 0 spiro atoms. The Balaban J connectivity index is 2.69. The summed E-state index contributed by atoms with van der Waals surface area (Å²) in [5, 5.41) is 4.04. The molecule has 0 aliphatic carbocycles. The quantitative estimate of drug-likeness (QED) is 0.619. The zero-order chi connectivity index (χ0) is 6.69. The van der Waals surface area contributed by atoms with E-state index in [9.17, 15) is 0 Å². The summed E-state index contributed by atoms with van der Waals surface area (Å²) < 4.78 is 1.90. The van der Waals surface area contributed by atoms with E-state index in [4.69, 9.17) is 0 Å². The molecule has 0 N–H and O–H groups in total. The van der Waals surface area contributed by atoms with E-state index in [2.05, 4.69) is 11.4 Å². The number of aromatic nitrogens is 2. The van der Waals surface area contributed by atoms with Crippen LogP contribution >= 0.6 is 11.8 Å². The van der Waals surface area contributed by atoms with Crippen LogP contribution in [0.4, 0.5) is 0 Å². The second-order valence-corrected chi connectivity index (χ2v) is 2.75. The fraction of sp³-hybridized carbons (Fsp3) is 0.500. The summed E-state index contributed by atoms with van der Waals surface area (Å²) in [5.41, 5.74) is 1.28. The van der Waals surface area contributed by atoms with Gasteiger partial charge in [-0.05, 0) is 12.3 Å². The van der Waals surface area contributed by atoms with E-state index < -0.39 is 0 Å². The minimum atomic E-state index is 1.05. The third-order valence-corrected chi connectivity index (χ3v) is 1.80. The molecule has 3 heteroatoms. The standard InChI is InChI=1S/C6H10N2S/c1-8-6(5-9-2)3-4-7-8/h3-4H,5H2,1-2H3. The van der Waals surface area contributed by atoms with E-state index in [0.717, 1.165) is 5.75 Å². The van der Waals surface area contributed by atoms with Crippen molar-refractivity contribution in [2.24, 2.45) is 7.05 Å². The first-order chi connectivity index (χ1) is 4.34. The lowest BCUT2D eigenvalue weighted by Gasteiger charge is -1.95. The van der Waals surface area contributed by atoms with Gasteiger partial charge in [0.15, 0.2) is 0 Å². The molecule has 0 aromatic carbocycles. The molecule has 0 saturated heterocycles. The average molecular weight is 142 g/mol. The lowest BCUT2D eigenvalue weighted by Crippen LogP contribution is -1.94. The van der Waals surface area contributed by atoms with Crippen LogP contribution in [0.5, 0.6) is 0 Å². The van der Waals surface area contributed by atoms with Crippen molar-refractivity contribution in [2.45, 2.75) is 5.75 Å². The molecule has 2 nitrogen and oxygen atoms in total. The van der Waals surface area contributed by atoms with Crippen LogP contribution in [0.2, 0.25) is 0 Å². The molecule has 0 amide bonds. The van der Waals surface area contributed by atoms with Crippen LogP contribution in [-0.4, -0.2) is 16.0 Å². The highest BCUT2D eigenvalue weighted by Crippen LogP contribution is 2.05. The highest BCUT2D eigenvalue weighted by molar-refractivity contribution is 7.97. The molecule has 0 saturated carbocycles. The Hall–Kier alpha value is -0.440. The number of rotatable bonds is 2. The second kappa shape index (κ2) is 2.92. The molecule has 0 aliphatic heterocycles. The summed E-state index contributed by atoms with van der Waals surface area (Å²) in [7, 11) is 1.96. The van der Waals surface area contributed by atoms with Crippen LogP contribution in [0, 0.1) is 0 Å². The Morgan fingerprint density at radius 2 is 2.56 bits per heavy atom. The maximum absolute atomic E-state index is 4.04. The van der Waals surface area contributed by atoms with Gasteiger partial charge in [-0.1, -0.05) is 0 Å². The predicted octanol–water partition coefficient (Wildman–Crippen LogP) is 1.28. The van der Waals surface area contributed by atoms with Crippen LogP contribution in [0.1, 0.15) is 5.69 Å². The third kappa shape index (κ3) is 1.48. The summed E-state index contributed by atoms with van der Waals surface area (Å²) in [6.45, 7) is 0. The van der Waals surface area contributed by atoms with E-state index >= 15 is 0 Å². The number of aryl methyl sites for hydroxylation is 1. The van der Waals surface area contributed by atoms with Gasteiger partial charge in [0.25, 0.3) is 0 Å². The molecule has 0 radical (unpaired) electrons. The van der Waals surface area contributed by atoms with E-state index in [1.807, 2.05) is 35.8 Å². The van der Waals surface area contributed by atoms with Crippen molar-refractivity contribution in [1.82, 2.24) is 9.78 Å². The Bertz CT molecular complexity index is 183. The molecule has 50 valence electrons. The average Bonchev–Trinajstić information content (AvgIpc) is 2.18. The van der Waals surface area contributed by atoms with Crippen molar-refractivity contribution in [1.29, 1.82) is 0 Å². The summed E-state index contributed by atoms with van der Waals surface area (Å²) in [6.07, 6.45) is 3.92. The van der Waals surface area contributed by atoms with Gasteiger partial charge in [-0.15, -0.1) is 0 Å². The van der Waals surface area contributed by atoms with E-state index in [-0.39, 0.29) is 0 Å². The van der Waals surface area contributed by atoms with Gasteiger partial charge in [-0.2, -0.15) is 16.9 Å². The Kier molecular flexibility index (Phi) is 2.16. The minimum absolute atomic E-state index is 1.05. The minimum Gasteiger partial charge on any atom is -0.272 e. The number of hydrogen-bond donors (Lipinski definition) is 0. The molecule has 1 heterocycles. The van der Waals surface area contributed by atoms with Gasteiger partial charge < -0.3 is 0 Å². The first-order valence-corrected chi connectivity index (χ1v) is 4.20. The molecule has 0 bridgehead atoms. The van der Waals surface area contributed by atoms with E-state index in [1.54, 1.807) is 0 Å². The topological polar surface area (TPSA) is 17.8 Å². The van der Waals surface area contributed by atoms with Gasteiger partial charge in [0.2, 0.25) is 0 Å². The van der Waals surface area contributed by atoms with Crippen molar-refractivity contribution >= 4 is 11.8 Å². The van der Waals surface area contributed by atoms with E-state index in [0.29, 0.717) is 0 Å². The first-order valence-electron chi connectivity index (χ1n) is 2.80. The zero-order valence-corrected chi connectivity index (χ0v) is 6.48. The normalized spacial score (nSPS) is 10.0. The molecular formula is C6H10N2S. The molecule has 0 atom stereocenters. The third-order valence-electron chi connectivity index (χ3n) is 1.21. The molecule has 0 fully saturated rings. The second-order valence-electron chi connectivity index (χ2n) is 1.88. The van der Waals surface area contributed by atoms with Gasteiger partial charge in [0.05, 0.1) is 0 Å². The van der Waals surface area contributed by atoms with E-state index in [1.165, 1.54) is 5.69 Å². The number of hydrogen-bond acceptors (Lipinski definition) is 2. The highest BCUT2D eigenvalue weighted by atomic mass is 32.2.